The third-order valence-electron chi connectivity index (χ3n) is 3.63. The van der Waals surface area contributed by atoms with Crippen molar-refractivity contribution in [3.8, 4) is 0 Å². The van der Waals surface area contributed by atoms with Crippen LogP contribution in [0.5, 0.6) is 0 Å². The van der Waals surface area contributed by atoms with E-state index in [-0.39, 0.29) is 0 Å². The number of nitrogens with zero attached hydrogens (tertiary/aromatic N) is 2. The first-order chi connectivity index (χ1) is 8.21. The molecule has 0 spiro atoms. The van der Waals surface area contributed by atoms with Gasteiger partial charge in [-0.1, -0.05) is 19.9 Å². The van der Waals surface area contributed by atoms with Gasteiger partial charge in [-0.3, -0.25) is 4.99 Å². The Bertz CT molecular complexity index is 294. The van der Waals surface area contributed by atoms with E-state index in [4.69, 9.17) is 0 Å². The summed E-state index contributed by atoms with van der Waals surface area (Å²) in [6.07, 6.45) is 11.1. The highest BCUT2D eigenvalue weighted by molar-refractivity contribution is 5.93. The first-order valence-electron chi connectivity index (χ1n) is 6.45. The average Bonchev–Trinajstić information content (AvgIpc) is 2.82. The maximum Gasteiger partial charge on any atom is 0.125 e. The van der Waals surface area contributed by atoms with E-state index >= 15 is 0 Å². The molecule has 0 saturated heterocycles. The van der Waals surface area contributed by atoms with Gasteiger partial charge in [-0.25, -0.2) is 0 Å². The van der Waals surface area contributed by atoms with E-state index in [1.807, 2.05) is 6.08 Å². The van der Waals surface area contributed by atoms with Crippen molar-refractivity contribution < 1.29 is 0 Å². The molecule has 1 rings (SSSR count). The molecule has 0 amide bonds. The maximum absolute atomic E-state index is 4.13. The third-order valence-corrected chi connectivity index (χ3v) is 3.63. The zero-order valence-corrected chi connectivity index (χ0v) is 11.3. The van der Waals surface area contributed by atoms with Gasteiger partial charge < -0.3 is 10.2 Å². The summed E-state index contributed by atoms with van der Waals surface area (Å²) in [5.41, 5.74) is 0. The number of nitrogens with one attached hydrogen (secondary N) is 1. The van der Waals surface area contributed by atoms with Crippen molar-refractivity contribution in [1.82, 2.24) is 10.2 Å². The average molecular weight is 235 g/mol. The number of aliphatic imine (C=N–C) groups is 1. The van der Waals surface area contributed by atoms with Crippen molar-refractivity contribution in [3.05, 3.63) is 25.1 Å². The van der Waals surface area contributed by atoms with Crippen molar-refractivity contribution in [3.63, 3.8) is 0 Å². The largest absolute Gasteiger partial charge is 0.377 e. The SMILES string of the molecule is C=CNC(/C=C\N(C)[C@H]1CCC(CC)C1)=NC. The van der Waals surface area contributed by atoms with Crippen LogP contribution in [0.1, 0.15) is 32.6 Å². The number of amidine groups is 1. The van der Waals surface area contributed by atoms with Crippen LogP contribution in [0.4, 0.5) is 0 Å². The molecule has 3 heteroatoms. The fourth-order valence-electron chi connectivity index (χ4n) is 2.39. The van der Waals surface area contributed by atoms with E-state index in [0.29, 0.717) is 6.04 Å². The molecule has 2 atom stereocenters. The standard InChI is InChI=1S/C14H25N3/c1-5-12-7-8-13(11-12)17(4)10-9-14(15-3)16-6-2/h6,9-10,12-13H,2,5,7-8,11H2,1,3-4H3,(H,15,16)/b10-9-/t12?,13-/m0/s1. The molecule has 1 saturated carbocycles. The van der Waals surface area contributed by atoms with Crippen LogP contribution >= 0.6 is 0 Å². The van der Waals surface area contributed by atoms with Crippen molar-refractivity contribution in [2.24, 2.45) is 10.9 Å². The van der Waals surface area contributed by atoms with Crippen molar-refractivity contribution in [2.75, 3.05) is 14.1 Å². The second kappa shape index (κ2) is 7.15. The Balaban J connectivity index is 2.46. The Labute approximate surface area is 105 Å². The summed E-state index contributed by atoms with van der Waals surface area (Å²) in [7, 11) is 3.93. The van der Waals surface area contributed by atoms with Crippen LogP contribution in [0.25, 0.3) is 0 Å². The van der Waals surface area contributed by atoms with Gasteiger partial charge in [0, 0.05) is 26.3 Å². The van der Waals surface area contributed by atoms with E-state index in [0.717, 1.165) is 11.8 Å². The predicted octanol–water partition coefficient (Wildman–Crippen LogP) is 2.77. The van der Waals surface area contributed by atoms with Gasteiger partial charge in [-0.05, 0) is 37.5 Å². The molecule has 1 N–H and O–H groups in total. The van der Waals surface area contributed by atoms with Crippen LogP contribution in [0.3, 0.4) is 0 Å². The quantitative estimate of drug-likeness (QED) is 0.586. The fourth-order valence-corrected chi connectivity index (χ4v) is 2.39. The van der Waals surface area contributed by atoms with Crippen LogP contribution in [0.2, 0.25) is 0 Å². The molecule has 0 aromatic rings. The summed E-state index contributed by atoms with van der Waals surface area (Å²) in [6, 6.07) is 0.693. The van der Waals surface area contributed by atoms with Gasteiger partial charge in [-0.15, -0.1) is 0 Å². The Morgan fingerprint density at radius 2 is 2.29 bits per heavy atom. The van der Waals surface area contributed by atoms with E-state index in [1.165, 1.54) is 25.7 Å². The molecular formula is C14H25N3. The number of rotatable bonds is 5. The lowest BCUT2D eigenvalue weighted by molar-refractivity contribution is 0.324. The molecule has 96 valence electrons. The molecule has 1 fully saturated rings. The molecule has 0 aromatic heterocycles. The topological polar surface area (TPSA) is 27.6 Å². The maximum atomic E-state index is 4.13. The molecule has 0 radical (unpaired) electrons. The van der Waals surface area contributed by atoms with Gasteiger partial charge in [0.25, 0.3) is 0 Å². The Kier molecular flexibility index (Phi) is 5.81. The minimum Gasteiger partial charge on any atom is -0.377 e. The Morgan fingerprint density at radius 1 is 1.53 bits per heavy atom. The number of hydrogen-bond donors (Lipinski definition) is 1. The molecule has 1 unspecified atom stereocenters. The Morgan fingerprint density at radius 3 is 2.82 bits per heavy atom. The molecule has 0 heterocycles. The van der Waals surface area contributed by atoms with E-state index < -0.39 is 0 Å². The zero-order valence-electron chi connectivity index (χ0n) is 11.3. The first-order valence-corrected chi connectivity index (χ1v) is 6.45. The molecule has 0 aromatic carbocycles. The molecule has 1 aliphatic carbocycles. The van der Waals surface area contributed by atoms with Crippen LogP contribution in [-0.4, -0.2) is 30.9 Å². The van der Waals surface area contributed by atoms with Gasteiger partial charge >= 0.3 is 0 Å². The van der Waals surface area contributed by atoms with Gasteiger partial charge in [-0.2, -0.15) is 0 Å². The lowest BCUT2D eigenvalue weighted by Gasteiger charge is -2.22. The molecule has 0 bridgehead atoms. The summed E-state index contributed by atoms with van der Waals surface area (Å²) in [5, 5.41) is 3.00. The second-order valence-electron chi connectivity index (χ2n) is 4.68. The van der Waals surface area contributed by atoms with Gasteiger partial charge in [0.15, 0.2) is 0 Å². The van der Waals surface area contributed by atoms with Crippen molar-refractivity contribution >= 4 is 5.84 Å². The van der Waals surface area contributed by atoms with Crippen LogP contribution in [0, 0.1) is 5.92 Å². The van der Waals surface area contributed by atoms with Gasteiger partial charge in [0.2, 0.25) is 0 Å². The highest BCUT2D eigenvalue weighted by Crippen LogP contribution is 2.30. The smallest absolute Gasteiger partial charge is 0.125 e. The highest BCUT2D eigenvalue weighted by atomic mass is 15.1. The summed E-state index contributed by atoms with van der Waals surface area (Å²) < 4.78 is 0. The summed E-state index contributed by atoms with van der Waals surface area (Å²) >= 11 is 0. The van der Waals surface area contributed by atoms with Crippen LogP contribution in [-0.2, 0) is 0 Å². The van der Waals surface area contributed by atoms with Crippen LogP contribution < -0.4 is 5.32 Å². The lowest BCUT2D eigenvalue weighted by atomic mass is 10.1. The summed E-state index contributed by atoms with van der Waals surface area (Å²) in [5.74, 6) is 1.76. The molecular weight excluding hydrogens is 210 g/mol. The summed E-state index contributed by atoms with van der Waals surface area (Å²) in [4.78, 5) is 6.44. The van der Waals surface area contributed by atoms with Crippen molar-refractivity contribution in [1.29, 1.82) is 0 Å². The van der Waals surface area contributed by atoms with Gasteiger partial charge in [0.05, 0.1) is 0 Å². The molecule has 17 heavy (non-hydrogen) atoms. The van der Waals surface area contributed by atoms with E-state index in [2.05, 4.69) is 42.0 Å². The highest BCUT2D eigenvalue weighted by Gasteiger charge is 2.24. The molecule has 0 aliphatic heterocycles. The third kappa shape index (κ3) is 4.25. The molecule has 3 nitrogen and oxygen atoms in total. The number of hydrogen-bond acceptors (Lipinski definition) is 2. The van der Waals surface area contributed by atoms with Gasteiger partial charge in [0.1, 0.15) is 5.84 Å². The normalized spacial score (nSPS) is 25.2. The van der Waals surface area contributed by atoms with E-state index in [9.17, 15) is 0 Å². The lowest BCUT2D eigenvalue weighted by Crippen LogP contribution is -2.25. The predicted molar refractivity (Wildman–Crippen MR) is 75.0 cm³/mol. The monoisotopic (exact) mass is 235 g/mol. The fraction of sp³-hybridized carbons (Fsp3) is 0.643. The van der Waals surface area contributed by atoms with E-state index in [1.54, 1.807) is 13.2 Å². The minimum atomic E-state index is 0.693. The second-order valence-corrected chi connectivity index (χ2v) is 4.68. The van der Waals surface area contributed by atoms with Crippen LogP contribution in [0.15, 0.2) is 30.0 Å². The minimum absolute atomic E-state index is 0.693. The summed E-state index contributed by atoms with van der Waals surface area (Å²) in [6.45, 7) is 5.92. The first kappa shape index (κ1) is 13.8. The molecule has 1 aliphatic rings. The Hall–Kier alpha value is -1.25. The van der Waals surface area contributed by atoms with Crippen molar-refractivity contribution in [2.45, 2.75) is 38.6 Å². The zero-order chi connectivity index (χ0) is 12.7.